The van der Waals surface area contributed by atoms with Gasteiger partial charge >= 0.3 is 6.09 Å². The summed E-state index contributed by atoms with van der Waals surface area (Å²) < 4.78 is 19.1. The van der Waals surface area contributed by atoms with Crippen molar-refractivity contribution in [1.82, 2.24) is 4.90 Å². The van der Waals surface area contributed by atoms with Gasteiger partial charge in [0.15, 0.2) is 0 Å². The van der Waals surface area contributed by atoms with Gasteiger partial charge in [-0.25, -0.2) is 9.18 Å². The van der Waals surface area contributed by atoms with Crippen molar-refractivity contribution < 1.29 is 19.0 Å². The normalized spacial score (nSPS) is 20.5. The molecule has 2 aromatic rings. The van der Waals surface area contributed by atoms with Crippen molar-refractivity contribution in [2.45, 2.75) is 18.6 Å². The Balaban J connectivity index is 1.63. The van der Waals surface area contributed by atoms with E-state index in [1.54, 1.807) is 18.2 Å². The smallest absolute Gasteiger partial charge is 0.410 e. The van der Waals surface area contributed by atoms with Crippen molar-refractivity contribution in [3.8, 4) is 0 Å². The van der Waals surface area contributed by atoms with E-state index in [9.17, 15) is 14.3 Å². The van der Waals surface area contributed by atoms with E-state index in [2.05, 4.69) is 0 Å². The van der Waals surface area contributed by atoms with Crippen molar-refractivity contribution in [3.05, 3.63) is 71.5 Å². The zero-order valence-electron chi connectivity index (χ0n) is 12.6. The van der Waals surface area contributed by atoms with Crippen molar-refractivity contribution in [1.29, 1.82) is 0 Å². The zero-order valence-corrected chi connectivity index (χ0v) is 12.6. The SMILES string of the molecule is O=C(OCc1ccccc1)N1CCC(O)(c2ccccc2F)C1. The molecule has 120 valence electrons. The van der Waals surface area contributed by atoms with E-state index in [4.69, 9.17) is 4.74 Å². The summed E-state index contributed by atoms with van der Waals surface area (Å²) in [5, 5.41) is 10.7. The number of hydrogen-bond acceptors (Lipinski definition) is 3. The molecule has 1 amide bonds. The second-order valence-electron chi connectivity index (χ2n) is 5.72. The molecule has 0 aromatic heterocycles. The van der Waals surface area contributed by atoms with E-state index >= 15 is 0 Å². The number of carbonyl (C=O) groups excluding carboxylic acids is 1. The Kier molecular flexibility index (Phi) is 4.30. The minimum atomic E-state index is -1.36. The first-order valence-corrected chi connectivity index (χ1v) is 7.51. The predicted molar refractivity (Wildman–Crippen MR) is 83.1 cm³/mol. The van der Waals surface area contributed by atoms with Gasteiger partial charge in [-0.1, -0.05) is 48.5 Å². The third-order valence-corrected chi connectivity index (χ3v) is 4.09. The van der Waals surface area contributed by atoms with Crippen molar-refractivity contribution >= 4 is 6.09 Å². The summed E-state index contributed by atoms with van der Waals surface area (Å²) in [7, 11) is 0. The molecule has 1 atom stereocenters. The van der Waals surface area contributed by atoms with Crippen LogP contribution in [0, 0.1) is 5.82 Å². The Morgan fingerprint density at radius 2 is 1.87 bits per heavy atom. The molecule has 1 heterocycles. The van der Waals surface area contributed by atoms with Gasteiger partial charge in [0.2, 0.25) is 0 Å². The van der Waals surface area contributed by atoms with Gasteiger partial charge in [0.25, 0.3) is 0 Å². The molecule has 0 radical (unpaired) electrons. The minimum Gasteiger partial charge on any atom is -0.445 e. The Hall–Kier alpha value is -2.40. The molecule has 1 aliphatic rings. The fourth-order valence-electron chi connectivity index (χ4n) is 2.82. The molecule has 0 saturated carbocycles. The molecule has 1 aliphatic heterocycles. The Bertz CT molecular complexity index is 692. The topological polar surface area (TPSA) is 49.8 Å². The molecule has 23 heavy (non-hydrogen) atoms. The van der Waals surface area contributed by atoms with Crippen LogP contribution < -0.4 is 0 Å². The second kappa shape index (κ2) is 6.38. The molecule has 1 fully saturated rings. The van der Waals surface area contributed by atoms with E-state index < -0.39 is 17.5 Å². The highest BCUT2D eigenvalue weighted by molar-refractivity contribution is 5.68. The van der Waals surface area contributed by atoms with Gasteiger partial charge in [-0.05, 0) is 18.1 Å². The van der Waals surface area contributed by atoms with Crippen molar-refractivity contribution in [2.24, 2.45) is 0 Å². The minimum absolute atomic E-state index is 0.0293. The molecule has 4 nitrogen and oxygen atoms in total. The Labute approximate surface area is 134 Å². The van der Waals surface area contributed by atoms with Crippen molar-refractivity contribution in [3.63, 3.8) is 0 Å². The Morgan fingerprint density at radius 3 is 2.61 bits per heavy atom. The molecule has 5 heteroatoms. The van der Waals surface area contributed by atoms with E-state index in [0.29, 0.717) is 6.54 Å². The number of likely N-dealkylation sites (tertiary alicyclic amines) is 1. The van der Waals surface area contributed by atoms with Crippen LogP contribution in [0.1, 0.15) is 17.5 Å². The second-order valence-corrected chi connectivity index (χ2v) is 5.72. The lowest BCUT2D eigenvalue weighted by Gasteiger charge is -2.24. The summed E-state index contributed by atoms with van der Waals surface area (Å²) in [6, 6.07) is 15.5. The van der Waals surface area contributed by atoms with Crippen LogP contribution in [0.5, 0.6) is 0 Å². The predicted octanol–water partition coefficient (Wildman–Crippen LogP) is 3.06. The van der Waals surface area contributed by atoms with E-state index in [1.807, 2.05) is 30.3 Å². The number of halogens is 1. The summed E-state index contributed by atoms with van der Waals surface area (Å²) >= 11 is 0. The number of aliphatic hydroxyl groups is 1. The van der Waals surface area contributed by atoms with E-state index in [-0.39, 0.29) is 25.1 Å². The quantitative estimate of drug-likeness (QED) is 0.947. The lowest BCUT2D eigenvalue weighted by atomic mass is 9.93. The monoisotopic (exact) mass is 315 g/mol. The molecule has 2 aromatic carbocycles. The largest absolute Gasteiger partial charge is 0.445 e. The molecule has 3 rings (SSSR count). The third kappa shape index (κ3) is 3.35. The first-order chi connectivity index (χ1) is 11.1. The van der Waals surface area contributed by atoms with Gasteiger partial charge in [-0.15, -0.1) is 0 Å². The average Bonchev–Trinajstić information content (AvgIpc) is 2.97. The maximum atomic E-state index is 13.9. The van der Waals surface area contributed by atoms with Crippen molar-refractivity contribution in [2.75, 3.05) is 13.1 Å². The molecular weight excluding hydrogens is 297 g/mol. The lowest BCUT2D eigenvalue weighted by molar-refractivity contribution is 0.0377. The van der Waals surface area contributed by atoms with Gasteiger partial charge in [0.1, 0.15) is 18.0 Å². The standard InChI is InChI=1S/C18H18FNO3/c19-16-9-5-4-8-15(16)18(22)10-11-20(13-18)17(21)23-12-14-6-2-1-3-7-14/h1-9,22H,10-13H2. The lowest BCUT2D eigenvalue weighted by Crippen LogP contribution is -2.35. The number of hydrogen-bond donors (Lipinski definition) is 1. The Morgan fingerprint density at radius 1 is 1.17 bits per heavy atom. The summed E-state index contributed by atoms with van der Waals surface area (Å²) in [6.45, 7) is 0.536. The summed E-state index contributed by atoms with van der Waals surface area (Å²) in [6.07, 6.45) is -0.213. The number of carbonyl (C=O) groups is 1. The molecule has 0 aliphatic carbocycles. The zero-order chi connectivity index (χ0) is 16.3. The summed E-state index contributed by atoms with van der Waals surface area (Å²) in [5.41, 5.74) is -0.250. The van der Waals surface area contributed by atoms with Crippen LogP contribution in [0.2, 0.25) is 0 Å². The number of amides is 1. The van der Waals surface area contributed by atoms with Crippen LogP contribution in [0.15, 0.2) is 54.6 Å². The maximum Gasteiger partial charge on any atom is 0.410 e. The molecule has 1 N–H and O–H groups in total. The molecular formula is C18H18FNO3. The van der Waals surface area contributed by atoms with Crippen LogP contribution in [0.4, 0.5) is 9.18 Å². The van der Waals surface area contributed by atoms with E-state index in [1.165, 1.54) is 11.0 Å². The fraction of sp³-hybridized carbons (Fsp3) is 0.278. The van der Waals surface area contributed by atoms with Gasteiger partial charge in [-0.2, -0.15) is 0 Å². The summed E-state index contributed by atoms with van der Waals surface area (Å²) in [4.78, 5) is 13.5. The van der Waals surface area contributed by atoms with Gasteiger partial charge in [-0.3, -0.25) is 0 Å². The first-order valence-electron chi connectivity index (χ1n) is 7.51. The molecule has 0 bridgehead atoms. The van der Waals surface area contributed by atoms with Crippen LogP contribution in [0.25, 0.3) is 0 Å². The highest BCUT2D eigenvalue weighted by Gasteiger charge is 2.41. The number of rotatable bonds is 3. The van der Waals surface area contributed by atoms with Gasteiger partial charge < -0.3 is 14.7 Å². The first kappa shape index (κ1) is 15.5. The summed E-state index contributed by atoms with van der Waals surface area (Å²) in [5.74, 6) is -0.463. The van der Waals surface area contributed by atoms with Crippen LogP contribution in [-0.4, -0.2) is 29.2 Å². The van der Waals surface area contributed by atoms with Crippen LogP contribution >= 0.6 is 0 Å². The highest BCUT2D eigenvalue weighted by Crippen LogP contribution is 2.33. The number of benzene rings is 2. The number of nitrogens with zero attached hydrogens (tertiary/aromatic N) is 1. The van der Waals surface area contributed by atoms with E-state index in [0.717, 1.165) is 5.56 Å². The third-order valence-electron chi connectivity index (χ3n) is 4.09. The fourth-order valence-corrected chi connectivity index (χ4v) is 2.82. The number of β-amino-alcohol motifs (C(OH)–C–C–N with tert-alkyl or cyclic N) is 1. The number of ether oxygens (including phenoxy) is 1. The molecule has 1 unspecified atom stereocenters. The van der Waals surface area contributed by atoms with Gasteiger partial charge in [0, 0.05) is 12.1 Å². The molecule has 0 spiro atoms. The highest BCUT2D eigenvalue weighted by atomic mass is 19.1. The average molecular weight is 315 g/mol. The maximum absolute atomic E-state index is 13.9. The van der Waals surface area contributed by atoms with Gasteiger partial charge in [0.05, 0.1) is 6.54 Å². The van der Waals surface area contributed by atoms with Crippen LogP contribution in [0.3, 0.4) is 0 Å². The van der Waals surface area contributed by atoms with Crippen LogP contribution in [-0.2, 0) is 16.9 Å². The molecule has 1 saturated heterocycles.